The van der Waals surface area contributed by atoms with Gasteiger partial charge in [0.15, 0.2) is 0 Å². The Morgan fingerprint density at radius 1 is 1.39 bits per heavy atom. The van der Waals surface area contributed by atoms with E-state index in [1.54, 1.807) is 0 Å². The Bertz CT molecular complexity index is 609. The van der Waals surface area contributed by atoms with Crippen LogP contribution in [0, 0.1) is 5.82 Å². The first-order chi connectivity index (χ1) is 8.56. The van der Waals surface area contributed by atoms with Crippen LogP contribution in [-0.4, -0.2) is 15.9 Å². The van der Waals surface area contributed by atoms with Crippen molar-refractivity contribution in [2.75, 3.05) is 5.32 Å². The van der Waals surface area contributed by atoms with Gasteiger partial charge < -0.3 is 5.32 Å². The Labute approximate surface area is 115 Å². The molecule has 0 saturated heterocycles. The highest BCUT2D eigenvalue weighted by atomic mass is 79.9. The fourth-order valence-electron chi connectivity index (χ4n) is 1.23. The molecular formula is C11H6BrClFN3O. The summed E-state index contributed by atoms with van der Waals surface area (Å²) in [6.07, 6.45) is 1.41. The minimum Gasteiger partial charge on any atom is -0.306 e. The number of carbonyl (C=O) groups excluding carboxylic acids is 1. The summed E-state index contributed by atoms with van der Waals surface area (Å²) in [5.41, 5.74) is 0.186. The number of nitrogens with zero attached hydrogens (tertiary/aromatic N) is 2. The summed E-state index contributed by atoms with van der Waals surface area (Å²) in [6.45, 7) is 0. The lowest BCUT2D eigenvalue weighted by Crippen LogP contribution is -2.13. The largest absolute Gasteiger partial charge is 0.306 e. The Morgan fingerprint density at radius 3 is 2.83 bits per heavy atom. The van der Waals surface area contributed by atoms with Crippen LogP contribution in [0.15, 0.2) is 34.9 Å². The molecule has 1 aromatic carbocycles. The quantitative estimate of drug-likeness (QED) is 0.860. The molecule has 2 rings (SSSR count). The van der Waals surface area contributed by atoms with E-state index < -0.39 is 11.7 Å². The Morgan fingerprint density at radius 2 is 2.17 bits per heavy atom. The molecule has 1 amide bonds. The lowest BCUT2D eigenvalue weighted by atomic mass is 10.2. The summed E-state index contributed by atoms with van der Waals surface area (Å²) < 4.78 is 13.6. The third kappa shape index (κ3) is 3.02. The van der Waals surface area contributed by atoms with Crippen molar-refractivity contribution in [2.24, 2.45) is 0 Å². The van der Waals surface area contributed by atoms with E-state index in [2.05, 4.69) is 31.2 Å². The van der Waals surface area contributed by atoms with Gasteiger partial charge in [-0.15, -0.1) is 0 Å². The topological polar surface area (TPSA) is 54.9 Å². The molecule has 1 aromatic heterocycles. The average Bonchev–Trinajstić information content (AvgIpc) is 2.32. The molecule has 0 aliphatic rings. The molecule has 4 nitrogen and oxygen atoms in total. The molecule has 0 spiro atoms. The number of nitrogens with one attached hydrogen (secondary N) is 1. The fourth-order valence-corrected chi connectivity index (χ4v) is 1.62. The van der Waals surface area contributed by atoms with Gasteiger partial charge in [-0.1, -0.05) is 0 Å². The van der Waals surface area contributed by atoms with Gasteiger partial charge in [0, 0.05) is 11.8 Å². The molecule has 0 aliphatic carbocycles. The zero-order valence-corrected chi connectivity index (χ0v) is 11.2. The predicted octanol–water partition coefficient (Wildman–Crippen LogP) is 3.28. The second-order valence-electron chi connectivity index (χ2n) is 3.29. The predicted molar refractivity (Wildman–Crippen MR) is 69.1 cm³/mol. The number of hydrogen-bond acceptors (Lipinski definition) is 3. The van der Waals surface area contributed by atoms with E-state index in [4.69, 9.17) is 11.6 Å². The molecule has 0 bridgehead atoms. The van der Waals surface area contributed by atoms with E-state index in [0.29, 0.717) is 4.47 Å². The van der Waals surface area contributed by atoms with Crippen LogP contribution in [0.1, 0.15) is 10.4 Å². The van der Waals surface area contributed by atoms with E-state index >= 15 is 0 Å². The Kier molecular flexibility index (Phi) is 3.88. The molecular weight excluding hydrogens is 324 g/mol. The van der Waals surface area contributed by atoms with E-state index in [-0.39, 0.29) is 16.7 Å². The van der Waals surface area contributed by atoms with Crippen molar-refractivity contribution in [1.29, 1.82) is 0 Å². The molecule has 0 fully saturated rings. The second kappa shape index (κ2) is 5.41. The number of amides is 1. The highest BCUT2D eigenvalue weighted by Crippen LogP contribution is 2.17. The normalized spacial score (nSPS) is 10.2. The highest BCUT2D eigenvalue weighted by molar-refractivity contribution is 9.10. The minimum atomic E-state index is -0.511. The first-order valence-corrected chi connectivity index (χ1v) is 5.98. The fraction of sp³-hybridized carbons (Fsp3) is 0. The van der Waals surface area contributed by atoms with Gasteiger partial charge in [0.2, 0.25) is 5.28 Å². The molecule has 0 atom stereocenters. The maximum absolute atomic E-state index is 13.3. The average molecular weight is 331 g/mol. The lowest BCUT2D eigenvalue weighted by molar-refractivity contribution is 0.102. The first kappa shape index (κ1) is 12.9. The molecule has 1 heterocycles. The summed E-state index contributed by atoms with van der Waals surface area (Å²) in [5, 5.41) is 2.51. The van der Waals surface area contributed by atoms with Crippen LogP contribution in [0.25, 0.3) is 0 Å². The lowest BCUT2D eigenvalue weighted by Gasteiger charge is -2.04. The summed E-state index contributed by atoms with van der Waals surface area (Å²) in [6, 6.07) is 5.56. The van der Waals surface area contributed by atoms with Crippen molar-refractivity contribution in [2.45, 2.75) is 0 Å². The third-order valence-corrected chi connectivity index (χ3v) is 2.87. The number of anilines is 1. The molecule has 2 aromatic rings. The standard InChI is InChI=1S/C11H6BrClFN3O/c12-7-2-1-6(5-8(7)14)10(18)16-9-3-4-15-11(13)17-9/h1-5H,(H,15,16,17,18). The molecule has 0 saturated carbocycles. The van der Waals surface area contributed by atoms with Crippen LogP contribution in [0.3, 0.4) is 0 Å². The van der Waals surface area contributed by atoms with E-state index in [9.17, 15) is 9.18 Å². The van der Waals surface area contributed by atoms with Gasteiger partial charge in [0.05, 0.1) is 4.47 Å². The van der Waals surface area contributed by atoms with Crippen LogP contribution in [0.4, 0.5) is 10.2 Å². The highest BCUT2D eigenvalue weighted by Gasteiger charge is 2.09. The van der Waals surface area contributed by atoms with Gasteiger partial charge in [0.25, 0.3) is 5.91 Å². The first-order valence-electron chi connectivity index (χ1n) is 4.81. The van der Waals surface area contributed by atoms with Crippen molar-refractivity contribution in [3.05, 3.63) is 51.6 Å². The summed E-state index contributed by atoms with van der Waals surface area (Å²) in [7, 11) is 0. The van der Waals surface area contributed by atoms with Crippen LogP contribution in [0.5, 0.6) is 0 Å². The summed E-state index contributed by atoms with van der Waals surface area (Å²) in [5.74, 6) is -0.733. The van der Waals surface area contributed by atoms with Crippen LogP contribution < -0.4 is 5.32 Å². The van der Waals surface area contributed by atoms with Crippen LogP contribution in [-0.2, 0) is 0 Å². The zero-order valence-electron chi connectivity index (χ0n) is 8.82. The third-order valence-electron chi connectivity index (χ3n) is 2.05. The molecule has 18 heavy (non-hydrogen) atoms. The molecule has 92 valence electrons. The maximum Gasteiger partial charge on any atom is 0.256 e. The van der Waals surface area contributed by atoms with Crippen molar-refractivity contribution in [3.63, 3.8) is 0 Å². The molecule has 7 heteroatoms. The van der Waals surface area contributed by atoms with Gasteiger partial charge in [-0.05, 0) is 51.8 Å². The van der Waals surface area contributed by atoms with E-state index in [1.807, 2.05) is 0 Å². The smallest absolute Gasteiger partial charge is 0.256 e. The van der Waals surface area contributed by atoms with Gasteiger partial charge in [-0.25, -0.2) is 14.4 Å². The number of aromatic nitrogens is 2. The van der Waals surface area contributed by atoms with E-state index in [1.165, 1.54) is 24.4 Å². The molecule has 0 unspecified atom stereocenters. The number of hydrogen-bond donors (Lipinski definition) is 1. The van der Waals surface area contributed by atoms with Gasteiger partial charge in [-0.2, -0.15) is 0 Å². The molecule has 1 N–H and O–H groups in total. The maximum atomic E-state index is 13.3. The number of benzene rings is 1. The Balaban J connectivity index is 2.19. The van der Waals surface area contributed by atoms with Crippen molar-refractivity contribution >= 4 is 39.3 Å². The van der Waals surface area contributed by atoms with Crippen molar-refractivity contribution in [1.82, 2.24) is 9.97 Å². The minimum absolute atomic E-state index is 0.0230. The summed E-state index contributed by atoms with van der Waals surface area (Å²) >= 11 is 8.59. The van der Waals surface area contributed by atoms with E-state index in [0.717, 1.165) is 6.07 Å². The van der Waals surface area contributed by atoms with Crippen molar-refractivity contribution < 1.29 is 9.18 Å². The monoisotopic (exact) mass is 329 g/mol. The molecule has 0 radical (unpaired) electrons. The second-order valence-corrected chi connectivity index (χ2v) is 4.49. The van der Waals surface area contributed by atoms with Crippen LogP contribution >= 0.6 is 27.5 Å². The van der Waals surface area contributed by atoms with Gasteiger partial charge in [-0.3, -0.25) is 4.79 Å². The molecule has 0 aliphatic heterocycles. The summed E-state index contributed by atoms with van der Waals surface area (Å²) in [4.78, 5) is 19.3. The number of carbonyl (C=O) groups is 1. The number of halogens is 3. The van der Waals surface area contributed by atoms with Gasteiger partial charge >= 0.3 is 0 Å². The zero-order chi connectivity index (χ0) is 13.1. The SMILES string of the molecule is O=C(Nc1ccnc(Cl)n1)c1ccc(Br)c(F)c1. The van der Waals surface area contributed by atoms with Crippen LogP contribution in [0.2, 0.25) is 5.28 Å². The number of rotatable bonds is 2. The Hall–Kier alpha value is -1.53. The van der Waals surface area contributed by atoms with Gasteiger partial charge in [0.1, 0.15) is 11.6 Å². The van der Waals surface area contributed by atoms with Crippen molar-refractivity contribution in [3.8, 4) is 0 Å².